The van der Waals surface area contributed by atoms with E-state index < -0.39 is 0 Å². The number of thioether (sulfide) groups is 1. The Kier molecular flexibility index (Phi) is 5.06. The van der Waals surface area contributed by atoms with E-state index in [1.165, 1.54) is 11.1 Å². The number of nitrogens with one attached hydrogen (secondary N) is 1. The number of amides is 1. The van der Waals surface area contributed by atoms with Crippen LogP contribution in [-0.4, -0.2) is 17.7 Å². The summed E-state index contributed by atoms with van der Waals surface area (Å²) < 4.78 is 0. The summed E-state index contributed by atoms with van der Waals surface area (Å²) in [5.41, 5.74) is 2.37. The third kappa shape index (κ3) is 4.28. The minimum absolute atomic E-state index is 0.127. The molecule has 1 fully saturated rings. The van der Waals surface area contributed by atoms with E-state index in [1.54, 1.807) is 11.8 Å². The van der Waals surface area contributed by atoms with Crippen LogP contribution in [0.15, 0.2) is 54.6 Å². The van der Waals surface area contributed by atoms with Gasteiger partial charge in [-0.25, -0.2) is 0 Å². The molecule has 2 nitrogen and oxygen atoms in total. The highest BCUT2D eigenvalue weighted by molar-refractivity contribution is 8.00. The summed E-state index contributed by atoms with van der Waals surface area (Å²) in [6.45, 7) is 0. The summed E-state index contributed by atoms with van der Waals surface area (Å²) in [6.07, 6.45) is 2.24. The van der Waals surface area contributed by atoms with E-state index in [2.05, 4.69) is 17.4 Å². The monoisotopic (exact) mass is 331 g/mol. The molecule has 1 aliphatic carbocycles. The summed E-state index contributed by atoms with van der Waals surface area (Å²) in [5.74, 6) is 0.598. The lowest BCUT2D eigenvalue weighted by molar-refractivity contribution is -0.118. The van der Waals surface area contributed by atoms with Crippen molar-refractivity contribution in [2.24, 2.45) is 0 Å². The van der Waals surface area contributed by atoms with Crippen molar-refractivity contribution in [2.45, 2.75) is 24.1 Å². The fraction of sp³-hybridized carbons (Fsp3) is 0.278. The zero-order chi connectivity index (χ0) is 15.4. The first kappa shape index (κ1) is 15.4. The van der Waals surface area contributed by atoms with Crippen LogP contribution in [0, 0.1) is 0 Å². The molecule has 1 unspecified atom stereocenters. The Bertz CT molecular complexity index is 625. The van der Waals surface area contributed by atoms with Crippen LogP contribution in [0.5, 0.6) is 0 Å². The van der Waals surface area contributed by atoms with Crippen LogP contribution in [0.25, 0.3) is 0 Å². The minimum atomic E-state index is 0.127. The molecule has 1 aliphatic rings. The van der Waals surface area contributed by atoms with E-state index in [9.17, 15) is 4.79 Å². The van der Waals surface area contributed by atoms with Gasteiger partial charge in [-0.2, -0.15) is 0 Å². The number of carbonyl (C=O) groups is 1. The predicted octanol–water partition coefficient (Wildman–Crippen LogP) is 4.44. The maximum Gasteiger partial charge on any atom is 0.230 e. The molecule has 0 spiro atoms. The van der Waals surface area contributed by atoms with Crippen LogP contribution in [0.4, 0.5) is 0 Å². The smallest absolute Gasteiger partial charge is 0.230 e. The van der Waals surface area contributed by atoms with E-state index in [-0.39, 0.29) is 11.2 Å². The van der Waals surface area contributed by atoms with Crippen LogP contribution >= 0.6 is 23.4 Å². The molecule has 1 N–H and O–H groups in total. The highest BCUT2D eigenvalue weighted by atomic mass is 35.5. The Balaban J connectivity index is 1.73. The van der Waals surface area contributed by atoms with Gasteiger partial charge >= 0.3 is 0 Å². The van der Waals surface area contributed by atoms with Gasteiger partial charge in [-0.3, -0.25) is 4.79 Å². The van der Waals surface area contributed by atoms with Crippen LogP contribution in [0.3, 0.4) is 0 Å². The number of rotatable bonds is 6. The molecule has 3 rings (SSSR count). The first-order valence-electron chi connectivity index (χ1n) is 7.44. The van der Waals surface area contributed by atoms with Gasteiger partial charge < -0.3 is 5.32 Å². The number of hydrogen-bond acceptors (Lipinski definition) is 2. The van der Waals surface area contributed by atoms with Crippen molar-refractivity contribution in [1.29, 1.82) is 0 Å². The Morgan fingerprint density at radius 2 is 1.73 bits per heavy atom. The van der Waals surface area contributed by atoms with Crippen LogP contribution in [0.2, 0.25) is 5.02 Å². The second-order valence-electron chi connectivity index (χ2n) is 5.50. The van der Waals surface area contributed by atoms with E-state index in [4.69, 9.17) is 11.6 Å². The summed E-state index contributed by atoms with van der Waals surface area (Å²) in [6, 6.07) is 18.6. The van der Waals surface area contributed by atoms with Crippen molar-refractivity contribution in [3.63, 3.8) is 0 Å². The van der Waals surface area contributed by atoms with Gasteiger partial charge in [-0.05, 0) is 36.1 Å². The molecular weight excluding hydrogens is 314 g/mol. The van der Waals surface area contributed by atoms with Gasteiger partial charge in [-0.15, -0.1) is 11.8 Å². The third-order valence-corrected chi connectivity index (χ3v) is 5.16. The van der Waals surface area contributed by atoms with Gasteiger partial charge in [0.1, 0.15) is 0 Å². The van der Waals surface area contributed by atoms with E-state index in [1.807, 2.05) is 42.5 Å². The van der Waals surface area contributed by atoms with Crippen molar-refractivity contribution in [3.8, 4) is 0 Å². The predicted molar refractivity (Wildman–Crippen MR) is 93.4 cm³/mol. The fourth-order valence-electron chi connectivity index (χ4n) is 2.31. The molecule has 0 saturated heterocycles. The maximum atomic E-state index is 12.0. The summed E-state index contributed by atoms with van der Waals surface area (Å²) in [7, 11) is 0. The molecule has 2 aromatic carbocycles. The first-order chi connectivity index (χ1) is 10.7. The Hall–Kier alpha value is -1.45. The van der Waals surface area contributed by atoms with Gasteiger partial charge in [0.25, 0.3) is 0 Å². The highest BCUT2D eigenvalue weighted by Crippen LogP contribution is 2.36. The summed E-state index contributed by atoms with van der Waals surface area (Å²) >= 11 is 7.64. The number of benzene rings is 2. The summed E-state index contributed by atoms with van der Waals surface area (Å²) in [4.78, 5) is 12.0. The van der Waals surface area contributed by atoms with Gasteiger partial charge in [0.15, 0.2) is 0 Å². The van der Waals surface area contributed by atoms with Gasteiger partial charge in [0, 0.05) is 11.1 Å². The average Bonchev–Trinajstić information content (AvgIpc) is 3.34. The van der Waals surface area contributed by atoms with Crippen molar-refractivity contribution in [2.75, 3.05) is 5.75 Å². The van der Waals surface area contributed by atoms with Crippen molar-refractivity contribution >= 4 is 29.3 Å². The average molecular weight is 332 g/mol. The molecule has 0 radical (unpaired) electrons. The fourth-order valence-corrected chi connectivity index (χ4v) is 3.53. The molecule has 1 amide bonds. The molecular formula is C18H18ClNOS. The highest BCUT2D eigenvalue weighted by Gasteiger charge is 2.24. The molecule has 1 atom stereocenters. The van der Waals surface area contributed by atoms with Gasteiger partial charge in [0.05, 0.1) is 11.0 Å². The molecule has 4 heteroatoms. The molecule has 0 aliphatic heterocycles. The summed E-state index contributed by atoms with van der Waals surface area (Å²) in [5, 5.41) is 3.91. The molecule has 0 heterocycles. The van der Waals surface area contributed by atoms with Crippen molar-refractivity contribution < 1.29 is 4.79 Å². The van der Waals surface area contributed by atoms with E-state index in [0.717, 1.165) is 17.9 Å². The molecule has 2 aromatic rings. The number of hydrogen-bond donors (Lipinski definition) is 1. The number of carbonyl (C=O) groups excluding carboxylic acids is 1. The largest absolute Gasteiger partial charge is 0.353 e. The Morgan fingerprint density at radius 3 is 2.36 bits per heavy atom. The van der Waals surface area contributed by atoms with Crippen molar-refractivity contribution in [3.05, 3.63) is 70.7 Å². The zero-order valence-corrected chi connectivity index (χ0v) is 13.7. The molecule has 114 valence electrons. The van der Waals surface area contributed by atoms with Crippen molar-refractivity contribution in [1.82, 2.24) is 5.32 Å². The second-order valence-corrected chi connectivity index (χ2v) is 7.02. The van der Waals surface area contributed by atoms with E-state index in [0.29, 0.717) is 11.8 Å². The lowest BCUT2D eigenvalue weighted by atomic mass is 10.0. The normalized spacial score (nSPS) is 15.3. The Labute approximate surface area is 140 Å². The minimum Gasteiger partial charge on any atom is -0.353 e. The van der Waals surface area contributed by atoms with Crippen LogP contribution < -0.4 is 5.32 Å². The SMILES string of the molecule is O=C(CSC(c1ccccc1)c1ccc(Cl)cc1)NC1CC1. The third-order valence-electron chi connectivity index (χ3n) is 3.60. The second kappa shape index (κ2) is 7.21. The molecule has 0 bridgehead atoms. The maximum absolute atomic E-state index is 12.0. The zero-order valence-electron chi connectivity index (χ0n) is 12.2. The lowest BCUT2D eigenvalue weighted by Crippen LogP contribution is -2.27. The van der Waals surface area contributed by atoms with Crippen LogP contribution in [-0.2, 0) is 4.79 Å². The van der Waals surface area contributed by atoms with Crippen LogP contribution in [0.1, 0.15) is 29.2 Å². The van der Waals surface area contributed by atoms with Gasteiger partial charge in [0.2, 0.25) is 5.91 Å². The lowest BCUT2D eigenvalue weighted by Gasteiger charge is -2.17. The van der Waals surface area contributed by atoms with Gasteiger partial charge in [-0.1, -0.05) is 54.1 Å². The molecule has 0 aromatic heterocycles. The standard InChI is InChI=1S/C18H18ClNOS/c19-15-8-6-14(7-9-15)18(13-4-2-1-3-5-13)22-12-17(21)20-16-10-11-16/h1-9,16,18H,10-12H2,(H,20,21). The molecule has 22 heavy (non-hydrogen) atoms. The quantitative estimate of drug-likeness (QED) is 0.847. The Morgan fingerprint density at radius 1 is 1.09 bits per heavy atom. The first-order valence-corrected chi connectivity index (χ1v) is 8.86. The molecule has 1 saturated carbocycles. The number of halogens is 1. The topological polar surface area (TPSA) is 29.1 Å². The van der Waals surface area contributed by atoms with E-state index >= 15 is 0 Å².